The Morgan fingerprint density at radius 1 is 0.917 bits per heavy atom. The molecule has 0 aliphatic carbocycles. The van der Waals surface area contributed by atoms with E-state index in [1.165, 1.54) is 27.8 Å². The molecule has 48 heavy (non-hydrogen) atoms. The van der Waals surface area contributed by atoms with Gasteiger partial charge in [0.2, 0.25) is 0 Å². The molecule has 1 aliphatic heterocycles. The van der Waals surface area contributed by atoms with Gasteiger partial charge in [-0.05, 0) is 74.0 Å². The topological polar surface area (TPSA) is 116 Å². The molecule has 1 fully saturated rings. The number of rotatable bonds is 13. The Bertz CT molecular complexity index is 1820. The first kappa shape index (κ1) is 32.8. The van der Waals surface area contributed by atoms with Crippen LogP contribution in [-0.2, 0) is 4.74 Å². The lowest BCUT2D eigenvalue weighted by Crippen LogP contribution is -2.46. The molecule has 0 radical (unpaired) electrons. The summed E-state index contributed by atoms with van der Waals surface area (Å²) in [6.45, 7) is 6.94. The van der Waals surface area contributed by atoms with E-state index < -0.39 is 30.6 Å². The van der Waals surface area contributed by atoms with E-state index in [0.717, 1.165) is 61.8 Å². The number of hydrogen-bond donors (Lipinski definition) is 1. The summed E-state index contributed by atoms with van der Waals surface area (Å²) in [6, 6.07) is 18.9. The zero-order valence-electron chi connectivity index (χ0n) is 26.8. The van der Waals surface area contributed by atoms with Gasteiger partial charge in [0, 0.05) is 61.4 Å². The lowest BCUT2D eigenvalue weighted by molar-refractivity contribution is -0.0776. The maximum absolute atomic E-state index is 14.6. The van der Waals surface area contributed by atoms with Gasteiger partial charge in [0.1, 0.15) is 36.4 Å². The molecule has 3 atom stereocenters. The summed E-state index contributed by atoms with van der Waals surface area (Å²) in [7, 11) is 0. The molecule has 0 bridgehead atoms. The number of piperazine rings is 1. The predicted octanol–water partition coefficient (Wildman–Crippen LogP) is 4.20. The van der Waals surface area contributed by atoms with Gasteiger partial charge in [-0.3, -0.25) is 4.57 Å². The molecule has 0 amide bonds. The van der Waals surface area contributed by atoms with E-state index in [2.05, 4.69) is 25.2 Å². The van der Waals surface area contributed by atoms with Gasteiger partial charge in [0.15, 0.2) is 6.23 Å². The van der Waals surface area contributed by atoms with Crippen LogP contribution in [0.15, 0.2) is 90.2 Å². The molecule has 3 heterocycles. The maximum atomic E-state index is 14.6. The van der Waals surface area contributed by atoms with Crippen molar-refractivity contribution in [2.24, 2.45) is 0 Å². The quantitative estimate of drug-likeness (QED) is 0.198. The van der Waals surface area contributed by atoms with E-state index in [1.807, 2.05) is 62.4 Å². The molecule has 14 heteroatoms. The first-order chi connectivity index (χ1) is 23.3. The fourth-order valence-corrected chi connectivity index (χ4v) is 5.60. The van der Waals surface area contributed by atoms with Crippen molar-refractivity contribution in [2.75, 3.05) is 49.2 Å². The molecular formula is C34H38F2N8O4. The molecule has 1 aliphatic rings. The van der Waals surface area contributed by atoms with Crippen molar-refractivity contribution in [3.05, 3.63) is 113 Å². The molecule has 12 nitrogen and oxygen atoms in total. The molecule has 3 aromatic carbocycles. The van der Waals surface area contributed by atoms with E-state index in [1.54, 1.807) is 10.9 Å². The molecule has 0 saturated carbocycles. The maximum Gasteiger partial charge on any atom is 0.350 e. The van der Waals surface area contributed by atoms with Crippen LogP contribution in [0.5, 0.6) is 5.75 Å². The van der Waals surface area contributed by atoms with Gasteiger partial charge in [0.05, 0.1) is 18.5 Å². The summed E-state index contributed by atoms with van der Waals surface area (Å²) in [5.74, 6) is -0.938. The number of aromatic nitrogens is 6. The fraction of sp³-hybridized carbons (Fsp3) is 0.353. The fourth-order valence-electron chi connectivity index (χ4n) is 5.60. The number of aliphatic hydroxyl groups is 1. The zero-order chi connectivity index (χ0) is 33.6. The number of halogens is 2. The summed E-state index contributed by atoms with van der Waals surface area (Å²) in [5, 5.41) is 22.0. The molecule has 5 aromatic rings. The average molecular weight is 661 g/mol. The molecule has 2 aromatic heterocycles. The normalized spacial score (nSPS) is 15.4. The molecule has 252 valence electrons. The van der Waals surface area contributed by atoms with E-state index in [4.69, 9.17) is 9.47 Å². The van der Waals surface area contributed by atoms with Crippen LogP contribution in [0.25, 0.3) is 5.69 Å². The van der Waals surface area contributed by atoms with Crippen LogP contribution < -0.4 is 20.2 Å². The summed E-state index contributed by atoms with van der Waals surface area (Å²) in [6.07, 6.45) is 3.43. The third-order valence-corrected chi connectivity index (χ3v) is 8.57. The van der Waals surface area contributed by atoms with Crippen molar-refractivity contribution in [1.29, 1.82) is 0 Å². The predicted molar refractivity (Wildman–Crippen MR) is 176 cm³/mol. The second-order valence-electron chi connectivity index (χ2n) is 11.6. The highest BCUT2D eigenvalue weighted by molar-refractivity contribution is 5.54. The number of aliphatic hydroxyl groups excluding tert-OH is 1. The van der Waals surface area contributed by atoms with Crippen LogP contribution in [0, 0.1) is 11.6 Å². The summed E-state index contributed by atoms with van der Waals surface area (Å²) >= 11 is 0. The van der Waals surface area contributed by atoms with Gasteiger partial charge in [-0.1, -0.05) is 12.1 Å². The van der Waals surface area contributed by atoms with Crippen LogP contribution in [0.3, 0.4) is 0 Å². The second-order valence-corrected chi connectivity index (χ2v) is 11.6. The smallest absolute Gasteiger partial charge is 0.350 e. The number of hydrogen-bond acceptors (Lipinski definition) is 9. The summed E-state index contributed by atoms with van der Waals surface area (Å²) < 4.78 is 44.4. The largest absolute Gasteiger partial charge is 0.491 e. The summed E-state index contributed by atoms with van der Waals surface area (Å²) in [4.78, 5) is 17.4. The first-order valence-electron chi connectivity index (χ1n) is 15.9. The molecule has 6 rings (SSSR count). The van der Waals surface area contributed by atoms with Gasteiger partial charge in [0.25, 0.3) is 0 Å². The third kappa shape index (κ3) is 7.24. The van der Waals surface area contributed by atoms with Crippen LogP contribution >= 0.6 is 0 Å². The lowest BCUT2D eigenvalue weighted by Gasteiger charge is -2.37. The third-order valence-electron chi connectivity index (χ3n) is 8.57. The Balaban J connectivity index is 1.02. The van der Waals surface area contributed by atoms with Crippen molar-refractivity contribution >= 4 is 11.4 Å². The van der Waals surface area contributed by atoms with E-state index >= 15 is 0 Å². The lowest BCUT2D eigenvalue weighted by atomic mass is 10.1. The number of benzene rings is 3. The molecule has 1 N–H and O–H groups in total. The first-order valence-corrected chi connectivity index (χ1v) is 15.9. The number of nitrogens with zero attached hydrogens (tertiary/aromatic N) is 8. The van der Waals surface area contributed by atoms with Gasteiger partial charge in [-0.15, -0.1) is 5.10 Å². The van der Waals surface area contributed by atoms with Gasteiger partial charge < -0.3 is 24.4 Å². The van der Waals surface area contributed by atoms with E-state index in [9.17, 15) is 18.7 Å². The minimum atomic E-state index is -1.09. The van der Waals surface area contributed by atoms with E-state index in [-0.39, 0.29) is 23.9 Å². The van der Waals surface area contributed by atoms with Crippen LogP contribution in [0.1, 0.15) is 38.1 Å². The van der Waals surface area contributed by atoms with Gasteiger partial charge in [-0.2, -0.15) is 9.78 Å². The molecule has 0 spiro atoms. The van der Waals surface area contributed by atoms with Crippen molar-refractivity contribution in [3.8, 4) is 11.4 Å². The zero-order valence-corrected chi connectivity index (χ0v) is 26.8. The molecule has 1 unspecified atom stereocenters. The Hall–Kier alpha value is -5.08. The Labute approximate surface area is 276 Å². The molecular weight excluding hydrogens is 622 g/mol. The molecule has 1 saturated heterocycles. The minimum Gasteiger partial charge on any atom is -0.491 e. The van der Waals surface area contributed by atoms with Crippen LogP contribution in [-0.4, -0.2) is 79.9 Å². The highest BCUT2D eigenvalue weighted by Crippen LogP contribution is 2.26. The SMILES string of the molecule is CCC(C)n1cnn(-c2ccc(N3CCN(c4ccc(OC[C@H](CO)O[C@H](c5ccc(F)cc5F)n5ccnn5)cc4)CC3)cc2)c1=O. The van der Waals surface area contributed by atoms with Crippen molar-refractivity contribution in [1.82, 2.24) is 29.3 Å². The minimum absolute atomic E-state index is 0.0181. The second kappa shape index (κ2) is 14.8. The Morgan fingerprint density at radius 3 is 2.15 bits per heavy atom. The Morgan fingerprint density at radius 2 is 1.56 bits per heavy atom. The van der Waals surface area contributed by atoms with Crippen molar-refractivity contribution < 1.29 is 23.4 Å². The highest BCUT2D eigenvalue weighted by Gasteiger charge is 2.25. The number of anilines is 2. The van der Waals surface area contributed by atoms with Crippen molar-refractivity contribution in [3.63, 3.8) is 0 Å². The summed E-state index contributed by atoms with van der Waals surface area (Å²) in [5.41, 5.74) is 2.79. The monoisotopic (exact) mass is 660 g/mol. The van der Waals surface area contributed by atoms with Crippen LogP contribution in [0.2, 0.25) is 0 Å². The average Bonchev–Trinajstić information content (AvgIpc) is 3.79. The van der Waals surface area contributed by atoms with Crippen molar-refractivity contribution in [2.45, 2.75) is 38.6 Å². The highest BCUT2D eigenvalue weighted by atomic mass is 19.1. The van der Waals surface area contributed by atoms with E-state index in [0.29, 0.717) is 5.75 Å². The number of ether oxygens (including phenoxy) is 2. The standard InChI is InChI=1S/C34H38F2N8O4/c1-3-24(2)42-23-38-44(34(42)46)28-7-5-26(6-8-28)40-16-18-41(19-17-40)27-9-11-29(12-10-27)47-22-30(21-45)48-33(43-15-14-37-39-43)31-13-4-25(35)20-32(31)36/h4-15,20,23-24,30,33,45H,3,16-19,21-22H2,1-2H3/t24?,30-,33+/m0/s1. The Kier molecular flexibility index (Phi) is 10.1. The van der Waals surface area contributed by atoms with Gasteiger partial charge in [-0.25, -0.2) is 18.3 Å². The van der Waals surface area contributed by atoms with Crippen LogP contribution in [0.4, 0.5) is 20.2 Å². The van der Waals surface area contributed by atoms with Gasteiger partial charge >= 0.3 is 5.69 Å².